The Labute approximate surface area is 131 Å². The van der Waals surface area contributed by atoms with Gasteiger partial charge in [0.05, 0.1) is 0 Å². The third-order valence-corrected chi connectivity index (χ3v) is 3.81. The number of hydrogen-bond donors (Lipinski definition) is 1. The molecule has 3 aromatic rings. The summed E-state index contributed by atoms with van der Waals surface area (Å²) in [5.41, 5.74) is 12.6. The van der Waals surface area contributed by atoms with Crippen molar-refractivity contribution in [2.24, 2.45) is 0 Å². The first-order chi connectivity index (χ1) is 10.7. The van der Waals surface area contributed by atoms with Gasteiger partial charge >= 0.3 is 0 Å². The molecule has 0 spiro atoms. The summed E-state index contributed by atoms with van der Waals surface area (Å²) >= 11 is 0. The summed E-state index contributed by atoms with van der Waals surface area (Å²) in [6, 6.07) is 22.9. The highest BCUT2D eigenvalue weighted by Gasteiger charge is 2.03. The summed E-state index contributed by atoms with van der Waals surface area (Å²) < 4.78 is 0. The number of nitrogens with two attached hydrogens (primary N) is 1. The van der Waals surface area contributed by atoms with Gasteiger partial charge in [-0.15, -0.1) is 0 Å². The van der Waals surface area contributed by atoms with E-state index in [-0.39, 0.29) is 0 Å². The van der Waals surface area contributed by atoms with Crippen molar-refractivity contribution in [3.63, 3.8) is 0 Å². The number of pyridine rings is 1. The summed E-state index contributed by atoms with van der Waals surface area (Å²) in [7, 11) is 0. The predicted octanol–water partition coefficient (Wildman–Crippen LogP) is 4.15. The second-order valence-corrected chi connectivity index (χ2v) is 5.65. The van der Waals surface area contributed by atoms with Gasteiger partial charge in [-0.3, -0.25) is 4.98 Å². The molecule has 0 aliphatic heterocycles. The average molecular weight is 288 g/mol. The molecule has 110 valence electrons. The molecular formula is C20H20N2. The monoisotopic (exact) mass is 288 g/mol. The van der Waals surface area contributed by atoms with E-state index in [2.05, 4.69) is 54.6 Å². The van der Waals surface area contributed by atoms with Crippen LogP contribution in [-0.4, -0.2) is 4.98 Å². The van der Waals surface area contributed by atoms with Crippen LogP contribution in [0.4, 0.5) is 5.69 Å². The van der Waals surface area contributed by atoms with E-state index in [0.717, 1.165) is 35.5 Å². The summed E-state index contributed by atoms with van der Waals surface area (Å²) in [4.78, 5) is 4.78. The summed E-state index contributed by atoms with van der Waals surface area (Å²) in [5, 5.41) is 0. The van der Waals surface area contributed by atoms with Gasteiger partial charge in [0.15, 0.2) is 0 Å². The molecule has 22 heavy (non-hydrogen) atoms. The zero-order chi connectivity index (χ0) is 15.4. The van der Waals surface area contributed by atoms with Gasteiger partial charge in [0.2, 0.25) is 0 Å². The van der Waals surface area contributed by atoms with Crippen molar-refractivity contribution < 1.29 is 0 Å². The number of nitrogen functional groups attached to an aromatic ring is 1. The number of aryl methyl sites for hydroxylation is 1. The van der Waals surface area contributed by atoms with E-state index in [4.69, 9.17) is 10.7 Å². The van der Waals surface area contributed by atoms with Crippen LogP contribution in [-0.2, 0) is 12.8 Å². The highest BCUT2D eigenvalue weighted by Crippen LogP contribution is 2.16. The van der Waals surface area contributed by atoms with E-state index < -0.39 is 0 Å². The topological polar surface area (TPSA) is 38.9 Å². The fourth-order valence-electron chi connectivity index (χ4n) is 2.59. The number of anilines is 1. The number of aromatic nitrogens is 1. The maximum absolute atomic E-state index is 5.88. The van der Waals surface area contributed by atoms with Gasteiger partial charge in [-0.05, 0) is 41.8 Å². The van der Waals surface area contributed by atoms with E-state index in [1.54, 1.807) is 0 Å². The number of benzene rings is 2. The first kappa shape index (κ1) is 14.3. The summed E-state index contributed by atoms with van der Waals surface area (Å²) in [6.07, 6.45) is 1.71. The Hall–Kier alpha value is -2.61. The average Bonchev–Trinajstić information content (AvgIpc) is 2.52. The molecule has 0 bridgehead atoms. The lowest BCUT2D eigenvalue weighted by Crippen LogP contribution is -1.99. The molecule has 0 aliphatic carbocycles. The van der Waals surface area contributed by atoms with Gasteiger partial charge in [-0.25, -0.2) is 0 Å². The van der Waals surface area contributed by atoms with E-state index in [1.165, 1.54) is 11.1 Å². The van der Waals surface area contributed by atoms with E-state index in [9.17, 15) is 0 Å². The van der Waals surface area contributed by atoms with E-state index in [1.807, 2.05) is 19.1 Å². The molecule has 0 atom stereocenters. The predicted molar refractivity (Wildman–Crippen MR) is 91.9 cm³/mol. The minimum Gasteiger partial charge on any atom is -0.399 e. The molecule has 1 aromatic heterocycles. The Morgan fingerprint density at radius 1 is 0.773 bits per heavy atom. The molecule has 2 heteroatoms. The largest absolute Gasteiger partial charge is 0.399 e. The molecule has 2 N–H and O–H groups in total. The van der Waals surface area contributed by atoms with Gasteiger partial charge in [0.1, 0.15) is 0 Å². The Balaban J connectivity index is 1.77. The molecular weight excluding hydrogens is 268 g/mol. The van der Waals surface area contributed by atoms with Crippen molar-refractivity contribution in [2.75, 3.05) is 5.73 Å². The smallest absolute Gasteiger partial charge is 0.0450 e. The third kappa shape index (κ3) is 3.53. The van der Waals surface area contributed by atoms with E-state index >= 15 is 0 Å². The number of hydrogen-bond acceptors (Lipinski definition) is 2. The van der Waals surface area contributed by atoms with Crippen molar-refractivity contribution in [3.8, 4) is 0 Å². The highest BCUT2D eigenvalue weighted by atomic mass is 14.7. The van der Waals surface area contributed by atoms with Crippen molar-refractivity contribution in [1.82, 2.24) is 4.98 Å². The molecule has 0 amide bonds. The van der Waals surface area contributed by atoms with Crippen LogP contribution < -0.4 is 5.73 Å². The van der Waals surface area contributed by atoms with Crippen molar-refractivity contribution in [3.05, 3.63) is 94.8 Å². The normalized spacial score (nSPS) is 10.6. The van der Waals surface area contributed by atoms with Crippen molar-refractivity contribution in [2.45, 2.75) is 19.8 Å². The SMILES string of the molecule is Cc1cc(Cc2cccc(Cc3ccccc3)n2)ccc1N. The van der Waals surface area contributed by atoms with Crippen LogP contribution in [0.3, 0.4) is 0 Å². The molecule has 0 saturated heterocycles. The molecule has 1 heterocycles. The van der Waals surface area contributed by atoms with Crippen LogP contribution in [0.1, 0.15) is 28.1 Å². The summed E-state index contributed by atoms with van der Waals surface area (Å²) in [5.74, 6) is 0. The second kappa shape index (κ2) is 6.44. The lowest BCUT2D eigenvalue weighted by molar-refractivity contribution is 0.991. The Morgan fingerprint density at radius 3 is 2.14 bits per heavy atom. The third-order valence-electron chi connectivity index (χ3n) is 3.81. The standard InChI is InChI=1S/C20H20N2/c1-15-12-17(10-11-20(15)21)14-19-9-5-8-18(22-19)13-16-6-3-2-4-7-16/h2-12H,13-14,21H2,1H3. The van der Waals surface area contributed by atoms with Crippen LogP contribution in [0.15, 0.2) is 66.7 Å². The van der Waals surface area contributed by atoms with Gasteiger partial charge in [0, 0.05) is 29.9 Å². The fourth-order valence-corrected chi connectivity index (χ4v) is 2.59. The number of nitrogens with zero attached hydrogens (tertiary/aromatic N) is 1. The molecule has 0 unspecified atom stereocenters. The van der Waals surface area contributed by atoms with Crippen LogP contribution in [0.2, 0.25) is 0 Å². The molecule has 2 nitrogen and oxygen atoms in total. The molecule has 3 rings (SSSR count). The van der Waals surface area contributed by atoms with Crippen LogP contribution in [0.25, 0.3) is 0 Å². The lowest BCUT2D eigenvalue weighted by atomic mass is 10.0. The van der Waals surface area contributed by atoms with E-state index in [0.29, 0.717) is 0 Å². The van der Waals surface area contributed by atoms with Crippen molar-refractivity contribution in [1.29, 1.82) is 0 Å². The zero-order valence-corrected chi connectivity index (χ0v) is 12.8. The number of rotatable bonds is 4. The van der Waals surface area contributed by atoms with Crippen LogP contribution in [0.5, 0.6) is 0 Å². The Morgan fingerprint density at radius 2 is 1.45 bits per heavy atom. The summed E-state index contributed by atoms with van der Waals surface area (Å²) in [6.45, 7) is 2.04. The van der Waals surface area contributed by atoms with Crippen LogP contribution in [0, 0.1) is 6.92 Å². The molecule has 0 saturated carbocycles. The van der Waals surface area contributed by atoms with Gasteiger partial charge in [0.25, 0.3) is 0 Å². The first-order valence-corrected chi connectivity index (χ1v) is 7.54. The minimum atomic E-state index is 0.837. The van der Waals surface area contributed by atoms with Crippen LogP contribution >= 0.6 is 0 Å². The maximum Gasteiger partial charge on any atom is 0.0450 e. The Kier molecular flexibility index (Phi) is 4.19. The highest BCUT2D eigenvalue weighted by molar-refractivity contribution is 5.48. The molecule has 0 fully saturated rings. The van der Waals surface area contributed by atoms with Gasteiger partial charge in [-0.2, -0.15) is 0 Å². The Bertz CT molecular complexity index is 764. The van der Waals surface area contributed by atoms with Crippen molar-refractivity contribution >= 4 is 5.69 Å². The molecule has 0 radical (unpaired) electrons. The minimum absolute atomic E-state index is 0.837. The zero-order valence-electron chi connectivity index (χ0n) is 12.8. The second-order valence-electron chi connectivity index (χ2n) is 5.65. The fraction of sp³-hybridized carbons (Fsp3) is 0.150. The molecule has 2 aromatic carbocycles. The first-order valence-electron chi connectivity index (χ1n) is 7.54. The van der Waals surface area contributed by atoms with Gasteiger partial charge in [-0.1, -0.05) is 48.5 Å². The maximum atomic E-state index is 5.88. The van der Waals surface area contributed by atoms with Gasteiger partial charge < -0.3 is 5.73 Å². The lowest BCUT2D eigenvalue weighted by Gasteiger charge is -2.07. The quantitative estimate of drug-likeness (QED) is 0.732. The molecule has 0 aliphatic rings.